The molecule has 1 heteroatoms. The molecule has 0 heterocycles. The molecule has 0 amide bonds. The van der Waals surface area contributed by atoms with Gasteiger partial charge in [-0.3, -0.25) is 0 Å². The van der Waals surface area contributed by atoms with Crippen LogP contribution < -0.4 is 0 Å². The Morgan fingerprint density at radius 2 is 1.71 bits per heavy atom. The summed E-state index contributed by atoms with van der Waals surface area (Å²) < 4.78 is 0. The minimum absolute atomic E-state index is 0.901. The third-order valence-electron chi connectivity index (χ3n) is 2.96. The van der Waals surface area contributed by atoms with Gasteiger partial charge in [0.2, 0.25) is 0 Å². The molecule has 17 heavy (non-hydrogen) atoms. The summed E-state index contributed by atoms with van der Waals surface area (Å²) in [7, 11) is 0. The first kappa shape index (κ1) is 12.2. The van der Waals surface area contributed by atoms with E-state index in [-0.39, 0.29) is 0 Å². The predicted molar refractivity (Wildman–Crippen MR) is 74.7 cm³/mol. The molecule has 0 aliphatic heterocycles. The molecular formula is C16H17Cl. The number of hydrogen-bond donors (Lipinski definition) is 0. The summed E-state index contributed by atoms with van der Waals surface area (Å²) in [6.07, 6.45) is 3.31. The van der Waals surface area contributed by atoms with Crippen LogP contribution in [0.3, 0.4) is 0 Å². The minimum atomic E-state index is 0.901. The Morgan fingerprint density at radius 3 is 2.41 bits per heavy atom. The lowest BCUT2D eigenvalue weighted by molar-refractivity contribution is 0.820. The molecule has 0 aliphatic carbocycles. The van der Waals surface area contributed by atoms with Crippen LogP contribution in [-0.4, -0.2) is 0 Å². The second-order valence-electron chi connectivity index (χ2n) is 4.43. The highest BCUT2D eigenvalue weighted by atomic mass is 35.5. The lowest BCUT2D eigenvalue weighted by Gasteiger charge is -2.05. The molecule has 0 bridgehead atoms. The topological polar surface area (TPSA) is 0 Å². The van der Waals surface area contributed by atoms with E-state index in [1.54, 1.807) is 0 Å². The van der Waals surface area contributed by atoms with Crippen LogP contribution in [0.1, 0.15) is 23.1 Å². The van der Waals surface area contributed by atoms with Crippen molar-refractivity contribution < 1.29 is 0 Å². The number of halogens is 1. The maximum atomic E-state index is 6.21. The zero-order valence-electron chi connectivity index (χ0n) is 10.1. The summed E-state index contributed by atoms with van der Waals surface area (Å²) in [6, 6.07) is 16.9. The van der Waals surface area contributed by atoms with Crippen LogP contribution in [0, 0.1) is 6.92 Å². The van der Waals surface area contributed by atoms with Crippen molar-refractivity contribution in [3.8, 4) is 0 Å². The maximum absolute atomic E-state index is 6.21. The van der Waals surface area contributed by atoms with Gasteiger partial charge in [0.15, 0.2) is 0 Å². The number of rotatable bonds is 4. The SMILES string of the molecule is Cc1ccc(CCCc2ccccc2)c(Cl)c1. The Hall–Kier alpha value is -1.27. The van der Waals surface area contributed by atoms with Crippen LogP contribution in [0.4, 0.5) is 0 Å². The number of hydrogen-bond acceptors (Lipinski definition) is 0. The summed E-state index contributed by atoms with van der Waals surface area (Å²) in [5.41, 5.74) is 3.88. The van der Waals surface area contributed by atoms with Crippen molar-refractivity contribution in [2.45, 2.75) is 26.2 Å². The lowest BCUT2D eigenvalue weighted by atomic mass is 10.0. The van der Waals surface area contributed by atoms with Crippen molar-refractivity contribution in [1.29, 1.82) is 0 Å². The maximum Gasteiger partial charge on any atom is 0.0440 e. The Bertz CT molecular complexity index is 474. The van der Waals surface area contributed by atoms with E-state index in [1.807, 2.05) is 6.07 Å². The summed E-state index contributed by atoms with van der Waals surface area (Å²) in [6.45, 7) is 2.07. The van der Waals surface area contributed by atoms with Gasteiger partial charge in [-0.1, -0.05) is 54.1 Å². The Kier molecular flexibility index (Phi) is 4.22. The molecule has 2 aromatic rings. The van der Waals surface area contributed by atoms with E-state index in [9.17, 15) is 0 Å². The number of aryl methyl sites for hydroxylation is 3. The first-order valence-corrected chi connectivity index (χ1v) is 6.42. The van der Waals surface area contributed by atoms with E-state index >= 15 is 0 Å². The summed E-state index contributed by atoms with van der Waals surface area (Å²) in [5, 5.41) is 0.901. The average Bonchev–Trinajstić information content (AvgIpc) is 2.33. The molecular weight excluding hydrogens is 228 g/mol. The van der Waals surface area contributed by atoms with E-state index in [4.69, 9.17) is 11.6 Å². The average molecular weight is 245 g/mol. The van der Waals surface area contributed by atoms with Gasteiger partial charge in [-0.2, -0.15) is 0 Å². The van der Waals surface area contributed by atoms with E-state index in [1.165, 1.54) is 16.7 Å². The molecule has 0 aromatic heterocycles. The van der Waals surface area contributed by atoms with Crippen LogP contribution in [0.2, 0.25) is 5.02 Å². The Morgan fingerprint density at radius 1 is 0.941 bits per heavy atom. The molecule has 2 rings (SSSR count). The normalized spacial score (nSPS) is 10.5. The number of benzene rings is 2. The molecule has 0 atom stereocenters. The zero-order valence-corrected chi connectivity index (χ0v) is 10.9. The third kappa shape index (κ3) is 3.61. The van der Waals surface area contributed by atoms with Gasteiger partial charge in [0.1, 0.15) is 0 Å². The van der Waals surface area contributed by atoms with Crippen molar-refractivity contribution in [2.75, 3.05) is 0 Å². The molecule has 0 nitrogen and oxygen atoms in total. The van der Waals surface area contributed by atoms with Crippen molar-refractivity contribution in [3.05, 3.63) is 70.2 Å². The molecule has 0 aliphatic rings. The lowest BCUT2D eigenvalue weighted by Crippen LogP contribution is -1.91. The van der Waals surface area contributed by atoms with E-state index in [0.717, 1.165) is 24.3 Å². The highest BCUT2D eigenvalue weighted by Crippen LogP contribution is 2.19. The van der Waals surface area contributed by atoms with E-state index in [2.05, 4.69) is 49.4 Å². The van der Waals surface area contributed by atoms with Gasteiger partial charge in [0, 0.05) is 5.02 Å². The fourth-order valence-electron chi connectivity index (χ4n) is 1.98. The smallest absolute Gasteiger partial charge is 0.0440 e. The molecule has 0 saturated carbocycles. The summed E-state index contributed by atoms with van der Waals surface area (Å²) >= 11 is 6.21. The molecule has 0 radical (unpaired) electrons. The van der Waals surface area contributed by atoms with Crippen molar-refractivity contribution in [3.63, 3.8) is 0 Å². The second kappa shape index (κ2) is 5.88. The largest absolute Gasteiger partial charge is 0.0840 e. The Labute approximate surface area is 108 Å². The molecule has 0 fully saturated rings. The van der Waals surface area contributed by atoms with Crippen molar-refractivity contribution in [1.82, 2.24) is 0 Å². The molecule has 88 valence electrons. The highest BCUT2D eigenvalue weighted by molar-refractivity contribution is 6.31. The van der Waals surface area contributed by atoms with Crippen molar-refractivity contribution in [2.24, 2.45) is 0 Å². The van der Waals surface area contributed by atoms with Crippen LogP contribution in [-0.2, 0) is 12.8 Å². The molecule has 2 aromatic carbocycles. The fraction of sp³-hybridized carbons (Fsp3) is 0.250. The van der Waals surface area contributed by atoms with Gasteiger partial charge in [-0.05, 0) is 48.9 Å². The summed E-state index contributed by atoms with van der Waals surface area (Å²) in [5.74, 6) is 0. The fourth-order valence-corrected chi connectivity index (χ4v) is 2.31. The molecule has 0 spiro atoms. The van der Waals surface area contributed by atoms with Gasteiger partial charge in [0.25, 0.3) is 0 Å². The first-order chi connectivity index (χ1) is 8.25. The standard InChI is InChI=1S/C16H17Cl/c1-13-10-11-15(16(17)12-13)9-5-8-14-6-3-2-4-7-14/h2-4,6-7,10-12H,5,8-9H2,1H3. The molecule has 0 N–H and O–H groups in total. The zero-order chi connectivity index (χ0) is 12.1. The Balaban J connectivity index is 1.90. The van der Waals surface area contributed by atoms with Crippen LogP contribution in [0.25, 0.3) is 0 Å². The van der Waals surface area contributed by atoms with Gasteiger partial charge in [-0.15, -0.1) is 0 Å². The summed E-state index contributed by atoms with van der Waals surface area (Å²) in [4.78, 5) is 0. The highest BCUT2D eigenvalue weighted by Gasteiger charge is 2.00. The van der Waals surface area contributed by atoms with Crippen LogP contribution in [0.15, 0.2) is 48.5 Å². The van der Waals surface area contributed by atoms with E-state index in [0.29, 0.717) is 0 Å². The molecule has 0 unspecified atom stereocenters. The van der Waals surface area contributed by atoms with Crippen LogP contribution >= 0.6 is 11.6 Å². The predicted octanol–water partition coefficient (Wildman–Crippen LogP) is 4.82. The second-order valence-corrected chi connectivity index (χ2v) is 4.84. The third-order valence-corrected chi connectivity index (χ3v) is 3.31. The van der Waals surface area contributed by atoms with Gasteiger partial charge in [0.05, 0.1) is 0 Å². The molecule has 0 saturated heterocycles. The van der Waals surface area contributed by atoms with Crippen molar-refractivity contribution >= 4 is 11.6 Å². The van der Waals surface area contributed by atoms with Crippen LogP contribution in [0.5, 0.6) is 0 Å². The first-order valence-electron chi connectivity index (χ1n) is 6.04. The monoisotopic (exact) mass is 244 g/mol. The van der Waals surface area contributed by atoms with Gasteiger partial charge < -0.3 is 0 Å². The minimum Gasteiger partial charge on any atom is -0.0840 e. The van der Waals surface area contributed by atoms with Gasteiger partial charge in [-0.25, -0.2) is 0 Å². The van der Waals surface area contributed by atoms with Gasteiger partial charge >= 0.3 is 0 Å². The van der Waals surface area contributed by atoms with E-state index < -0.39 is 0 Å². The quantitative estimate of drug-likeness (QED) is 0.723.